The molecule has 0 bridgehead atoms. The molecule has 0 rings (SSSR count). The van der Waals surface area contributed by atoms with Gasteiger partial charge in [-0.15, -0.1) is 13.2 Å². The Morgan fingerprint density at radius 3 is 2.00 bits per heavy atom. The van der Waals surface area contributed by atoms with E-state index in [0.717, 1.165) is 0 Å². The van der Waals surface area contributed by atoms with Crippen LogP contribution in [0.5, 0.6) is 0 Å². The standard InChI is InChI=1S/C6H11NOS/c1-3-5-7(9-8)6-4-2/h3-4,8H,1-2,5-6H2. The summed E-state index contributed by atoms with van der Waals surface area (Å²) in [6, 6.07) is 0. The van der Waals surface area contributed by atoms with E-state index in [1.54, 1.807) is 16.5 Å². The average Bonchev–Trinajstić information content (AvgIpc) is 1.88. The zero-order valence-corrected chi connectivity index (χ0v) is 6.10. The van der Waals surface area contributed by atoms with Crippen LogP contribution in [0, 0.1) is 0 Å². The van der Waals surface area contributed by atoms with Gasteiger partial charge in [0.25, 0.3) is 0 Å². The highest BCUT2D eigenvalue weighted by Crippen LogP contribution is 2.02. The third-order valence-corrected chi connectivity index (χ3v) is 1.31. The van der Waals surface area contributed by atoms with E-state index >= 15 is 0 Å². The Morgan fingerprint density at radius 1 is 1.33 bits per heavy atom. The summed E-state index contributed by atoms with van der Waals surface area (Å²) in [4.78, 5) is 0. The molecule has 0 aliphatic carbocycles. The normalized spacial score (nSPS) is 9.56. The van der Waals surface area contributed by atoms with E-state index in [2.05, 4.69) is 13.2 Å². The third kappa shape index (κ3) is 4.27. The Labute approximate surface area is 60.2 Å². The average molecular weight is 145 g/mol. The van der Waals surface area contributed by atoms with Crippen LogP contribution in [0.15, 0.2) is 25.3 Å². The van der Waals surface area contributed by atoms with E-state index in [0.29, 0.717) is 25.3 Å². The molecular formula is C6H11NOS. The van der Waals surface area contributed by atoms with E-state index in [4.69, 9.17) is 4.55 Å². The van der Waals surface area contributed by atoms with Crippen LogP contribution in [0.2, 0.25) is 0 Å². The van der Waals surface area contributed by atoms with Crippen LogP contribution in [0.3, 0.4) is 0 Å². The van der Waals surface area contributed by atoms with Gasteiger partial charge in [-0.3, -0.25) is 0 Å². The Bertz CT molecular complexity index is 85.1. The molecule has 3 heteroatoms. The van der Waals surface area contributed by atoms with E-state index in [1.807, 2.05) is 0 Å². The third-order valence-electron chi connectivity index (χ3n) is 0.781. The van der Waals surface area contributed by atoms with E-state index in [9.17, 15) is 0 Å². The molecule has 0 heterocycles. The van der Waals surface area contributed by atoms with Gasteiger partial charge in [0, 0.05) is 13.1 Å². The molecule has 0 aliphatic heterocycles. The minimum Gasteiger partial charge on any atom is -0.317 e. The Hall–Kier alpha value is -0.250. The van der Waals surface area contributed by atoms with Crippen LogP contribution in [0.1, 0.15) is 0 Å². The van der Waals surface area contributed by atoms with Crippen molar-refractivity contribution in [2.45, 2.75) is 0 Å². The predicted octanol–water partition coefficient (Wildman–Crippen LogP) is 1.78. The monoisotopic (exact) mass is 145 g/mol. The summed E-state index contributed by atoms with van der Waals surface area (Å²) >= 11 is 0.710. The van der Waals surface area contributed by atoms with Crippen molar-refractivity contribution < 1.29 is 4.55 Å². The van der Waals surface area contributed by atoms with Gasteiger partial charge in [0.2, 0.25) is 0 Å². The van der Waals surface area contributed by atoms with Crippen LogP contribution in [-0.2, 0) is 0 Å². The smallest absolute Gasteiger partial charge is 0.0796 e. The van der Waals surface area contributed by atoms with Gasteiger partial charge in [-0.2, -0.15) is 0 Å². The van der Waals surface area contributed by atoms with Crippen LogP contribution in [-0.4, -0.2) is 21.9 Å². The van der Waals surface area contributed by atoms with Crippen molar-refractivity contribution in [2.75, 3.05) is 13.1 Å². The molecule has 0 aromatic rings. The summed E-state index contributed by atoms with van der Waals surface area (Å²) in [5.74, 6) is 0. The summed E-state index contributed by atoms with van der Waals surface area (Å²) in [5, 5.41) is 0. The van der Waals surface area contributed by atoms with Crippen molar-refractivity contribution >= 4 is 12.2 Å². The van der Waals surface area contributed by atoms with Crippen LogP contribution in [0.4, 0.5) is 0 Å². The van der Waals surface area contributed by atoms with Crippen molar-refractivity contribution in [3.05, 3.63) is 25.3 Å². The van der Waals surface area contributed by atoms with Crippen molar-refractivity contribution in [1.82, 2.24) is 4.31 Å². The first kappa shape index (κ1) is 8.75. The summed E-state index contributed by atoms with van der Waals surface area (Å²) in [7, 11) is 0. The summed E-state index contributed by atoms with van der Waals surface area (Å²) in [6.45, 7) is 8.41. The zero-order chi connectivity index (χ0) is 7.11. The highest BCUT2D eigenvalue weighted by atomic mass is 32.2. The molecule has 0 fully saturated rings. The molecule has 0 atom stereocenters. The molecule has 2 nitrogen and oxygen atoms in total. The van der Waals surface area contributed by atoms with E-state index in [1.165, 1.54) is 0 Å². The maximum atomic E-state index is 8.54. The summed E-state index contributed by atoms with van der Waals surface area (Å²) < 4.78 is 10.3. The van der Waals surface area contributed by atoms with Gasteiger partial charge in [0.1, 0.15) is 0 Å². The first-order chi connectivity index (χ1) is 4.35. The van der Waals surface area contributed by atoms with Gasteiger partial charge in [-0.25, -0.2) is 4.31 Å². The number of nitrogens with zero attached hydrogens (tertiary/aromatic N) is 1. The van der Waals surface area contributed by atoms with Crippen LogP contribution >= 0.6 is 12.2 Å². The van der Waals surface area contributed by atoms with Gasteiger partial charge in [-0.1, -0.05) is 12.2 Å². The maximum Gasteiger partial charge on any atom is 0.0796 e. The minimum absolute atomic E-state index is 0.674. The molecule has 0 aliphatic rings. The van der Waals surface area contributed by atoms with Crippen LogP contribution in [0.25, 0.3) is 0 Å². The fraction of sp³-hybridized carbons (Fsp3) is 0.333. The quantitative estimate of drug-likeness (QED) is 0.362. The molecule has 0 aromatic carbocycles. The second-order valence-corrected chi connectivity index (χ2v) is 2.19. The molecule has 1 N–H and O–H groups in total. The van der Waals surface area contributed by atoms with E-state index in [-0.39, 0.29) is 0 Å². The Kier molecular flexibility index (Phi) is 5.72. The molecule has 0 amide bonds. The molecule has 9 heavy (non-hydrogen) atoms. The fourth-order valence-corrected chi connectivity index (χ4v) is 0.773. The highest BCUT2D eigenvalue weighted by Gasteiger charge is 1.95. The van der Waals surface area contributed by atoms with Gasteiger partial charge < -0.3 is 4.55 Å². The zero-order valence-electron chi connectivity index (χ0n) is 5.29. The lowest BCUT2D eigenvalue weighted by Gasteiger charge is -2.10. The summed E-state index contributed by atoms with van der Waals surface area (Å²) in [6.07, 6.45) is 3.46. The SMILES string of the molecule is C=CCN(CC=C)SO. The lowest BCUT2D eigenvalue weighted by Crippen LogP contribution is -2.14. The molecule has 0 unspecified atom stereocenters. The van der Waals surface area contributed by atoms with Crippen molar-refractivity contribution in [3.8, 4) is 0 Å². The van der Waals surface area contributed by atoms with Gasteiger partial charge in [0.05, 0.1) is 12.2 Å². The molecule has 52 valence electrons. The van der Waals surface area contributed by atoms with Gasteiger partial charge in [-0.05, 0) is 0 Å². The van der Waals surface area contributed by atoms with Gasteiger partial charge in [0.15, 0.2) is 0 Å². The Balaban J connectivity index is 3.39. The first-order valence-corrected chi connectivity index (χ1v) is 3.36. The lowest BCUT2D eigenvalue weighted by molar-refractivity contribution is 0.517. The largest absolute Gasteiger partial charge is 0.317 e. The molecule has 0 spiro atoms. The highest BCUT2D eigenvalue weighted by molar-refractivity contribution is 7.91. The molecule has 0 radical (unpaired) electrons. The van der Waals surface area contributed by atoms with Crippen molar-refractivity contribution in [3.63, 3.8) is 0 Å². The molecule has 0 saturated heterocycles. The number of hydrogen-bond donors (Lipinski definition) is 1. The maximum absolute atomic E-state index is 8.54. The van der Waals surface area contributed by atoms with Gasteiger partial charge >= 0.3 is 0 Å². The van der Waals surface area contributed by atoms with Crippen molar-refractivity contribution in [2.24, 2.45) is 0 Å². The van der Waals surface area contributed by atoms with Crippen molar-refractivity contribution in [1.29, 1.82) is 0 Å². The summed E-state index contributed by atoms with van der Waals surface area (Å²) in [5.41, 5.74) is 0. The minimum atomic E-state index is 0.674. The topological polar surface area (TPSA) is 23.5 Å². The second-order valence-electron chi connectivity index (χ2n) is 1.51. The Morgan fingerprint density at radius 2 is 1.78 bits per heavy atom. The molecule has 0 aromatic heterocycles. The van der Waals surface area contributed by atoms with Crippen LogP contribution < -0.4 is 0 Å². The lowest BCUT2D eigenvalue weighted by atomic mass is 10.5. The number of hydrogen-bond acceptors (Lipinski definition) is 3. The molecular weight excluding hydrogens is 134 g/mol. The van der Waals surface area contributed by atoms with E-state index < -0.39 is 0 Å². The molecule has 0 saturated carbocycles. The first-order valence-electron chi connectivity index (χ1n) is 2.63. The predicted molar refractivity (Wildman–Crippen MR) is 42.2 cm³/mol. The fourth-order valence-electron chi connectivity index (χ4n) is 0.429. The number of rotatable bonds is 5. The second kappa shape index (κ2) is 5.88.